The molecule has 0 saturated carbocycles. The van der Waals surface area contributed by atoms with Gasteiger partial charge in [-0.25, -0.2) is 4.98 Å². The highest BCUT2D eigenvalue weighted by Gasteiger charge is 2.31. The quantitative estimate of drug-likeness (QED) is 0.640. The third-order valence-corrected chi connectivity index (χ3v) is 6.44. The zero-order valence-corrected chi connectivity index (χ0v) is 16.7. The number of anilines is 1. The largest absolute Gasteiger partial charge is 0.368 e. The molecule has 1 aliphatic carbocycles. The summed E-state index contributed by atoms with van der Waals surface area (Å²) in [5, 5.41) is 11.3. The molecule has 3 heterocycles. The van der Waals surface area contributed by atoms with E-state index >= 15 is 0 Å². The number of rotatable bonds is 2. The molecule has 5 rings (SSSR count). The average Bonchev–Trinajstić information content (AvgIpc) is 3.30. The SMILES string of the molecule is Cc1nc2c(n1C1CCN(c3c(C#N)cnc4c(Cl)cccc34)C1)CCCC2. The van der Waals surface area contributed by atoms with Crippen LogP contribution in [0.2, 0.25) is 5.02 Å². The topological polar surface area (TPSA) is 57.7 Å². The van der Waals surface area contributed by atoms with Gasteiger partial charge in [-0.05, 0) is 45.1 Å². The molecule has 1 unspecified atom stereocenters. The number of benzene rings is 1. The number of aryl methyl sites for hydroxylation is 2. The summed E-state index contributed by atoms with van der Waals surface area (Å²) in [4.78, 5) is 11.6. The second-order valence-electron chi connectivity index (χ2n) is 7.79. The van der Waals surface area contributed by atoms with E-state index in [-0.39, 0.29) is 0 Å². The van der Waals surface area contributed by atoms with Gasteiger partial charge in [0.25, 0.3) is 0 Å². The van der Waals surface area contributed by atoms with Crippen molar-refractivity contribution < 1.29 is 0 Å². The van der Waals surface area contributed by atoms with Crippen LogP contribution in [0, 0.1) is 18.3 Å². The maximum Gasteiger partial charge on any atom is 0.106 e. The Morgan fingerprint density at radius 1 is 1.25 bits per heavy atom. The van der Waals surface area contributed by atoms with Crippen molar-refractivity contribution in [1.29, 1.82) is 5.26 Å². The molecule has 0 spiro atoms. The Bertz CT molecular complexity index is 1110. The van der Waals surface area contributed by atoms with E-state index in [9.17, 15) is 5.26 Å². The van der Waals surface area contributed by atoms with Crippen molar-refractivity contribution in [3.8, 4) is 6.07 Å². The molecule has 3 aromatic rings. The van der Waals surface area contributed by atoms with E-state index in [0.29, 0.717) is 16.6 Å². The number of fused-ring (bicyclic) bond motifs is 2. The van der Waals surface area contributed by atoms with Gasteiger partial charge in [0, 0.05) is 30.4 Å². The average molecular weight is 392 g/mol. The van der Waals surface area contributed by atoms with Gasteiger partial charge < -0.3 is 9.47 Å². The molecule has 142 valence electrons. The highest BCUT2D eigenvalue weighted by Crippen LogP contribution is 2.37. The number of para-hydroxylation sites is 1. The summed E-state index contributed by atoms with van der Waals surface area (Å²) >= 11 is 6.36. The number of hydrogen-bond acceptors (Lipinski definition) is 4. The molecule has 0 N–H and O–H groups in total. The van der Waals surface area contributed by atoms with E-state index in [2.05, 4.69) is 27.4 Å². The van der Waals surface area contributed by atoms with Crippen LogP contribution in [-0.2, 0) is 12.8 Å². The van der Waals surface area contributed by atoms with E-state index in [0.717, 1.165) is 54.8 Å². The zero-order chi connectivity index (χ0) is 19.3. The summed E-state index contributed by atoms with van der Waals surface area (Å²) < 4.78 is 2.47. The molecule has 6 heteroatoms. The third kappa shape index (κ3) is 2.67. The van der Waals surface area contributed by atoms with Crippen LogP contribution < -0.4 is 4.90 Å². The first-order valence-electron chi connectivity index (χ1n) is 9.96. The number of nitrogens with zero attached hydrogens (tertiary/aromatic N) is 5. The lowest BCUT2D eigenvalue weighted by atomic mass is 10.0. The number of aromatic nitrogens is 3. The Morgan fingerprint density at radius 2 is 2.11 bits per heavy atom. The molecule has 2 aliphatic rings. The van der Waals surface area contributed by atoms with Gasteiger partial charge in [-0.3, -0.25) is 4.98 Å². The summed E-state index contributed by atoms with van der Waals surface area (Å²) in [5.74, 6) is 1.13. The van der Waals surface area contributed by atoms with Crippen LogP contribution >= 0.6 is 11.6 Å². The first-order chi connectivity index (χ1) is 13.7. The fourth-order valence-corrected chi connectivity index (χ4v) is 5.16. The van der Waals surface area contributed by atoms with Crippen LogP contribution in [0.15, 0.2) is 24.4 Å². The van der Waals surface area contributed by atoms with Crippen LogP contribution in [0.3, 0.4) is 0 Å². The van der Waals surface area contributed by atoms with Crippen LogP contribution in [0.5, 0.6) is 0 Å². The van der Waals surface area contributed by atoms with Crippen molar-refractivity contribution >= 4 is 28.2 Å². The summed E-state index contributed by atoms with van der Waals surface area (Å²) in [7, 11) is 0. The summed E-state index contributed by atoms with van der Waals surface area (Å²) in [5.41, 5.74) is 5.06. The summed E-state index contributed by atoms with van der Waals surface area (Å²) in [6.07, 6.45) is 7.44. The van der Waals surface area contributed by atoms with Crippen LogP contribution in [0.1, 0.15) is 48.1 Å². The molecule has 1 atom stereocenters. The number of hydrogen-bond donors (Lipinski definition) is 0. The molecule has 0 amide bonds. The fourth-order valence-electron chi connectivity index (χ4n) is 4.93. The molecule has 1 saturated heterocycles. The van der Waals surface area contributed by atoms with Crippen LogP contribution in [-0.4, -0.2) is 27.6 Å². The lowest BCUT2D eigenvalue weighted by molar-refractivity contribution is 0.505. The highest BCUT2D eigenvalue weighted by molar-refractivity contribution is 6.35. The minimum atomic E-state index is 0.392. The van der Waals surface area contributed by atoms with E-state index in [1.807, 2.05) is 18.2 Å². The van der Waals surface area contributed by atoms with Gasteiger partial charge >= 0.3 is 0 Å². The maximum atomic E-state index is 9.69. The Morgan fingerprint density at radius 3 is 2.96 bits per heavy atom. The minimum Gasteiger partial charge on any atom is -0.368 e. The van der Waals surface area contributed by atoms with E-state index in [1.54, 1.807) is 6.20 Å². The molecule has 0 radical (unpaired) electrons. The maximum absolute atomic E-state index is 9.69. The third-order valence-electron chi connectivity index (χ3n) is 6.13. The molecule has 28 heavy (non-hydrogen) atoms. The molecular weight excluding hydrogens is 370 g/mol. The molecular formula is C22H22ClN5. The van der Waals surface area contributed by atoms with Crippen LogP contribution in [0.25, 0.3) is 10.9 Å². The van der Waals surface area contributed by atoms with Gasteiger partial charge in [-0.2, -0.15) is 5.26 Å². The van der Waals surface area contributed by atoms with Crippen molar-refractivity contribution in [2.75, 3.05) is 18.0 Å². The molecule has 5 nitrogen and oxygen atoms in total. The fraction of sp³-hybridized carbons (Fsp3) is 0.409. The normalized spacial score (nSPS) is 19.0. The summed E-state index contributed by atoms with van der Waals surface area (Å²) in [6, 6.07) is 8.52. The van der Waals surface area contributed by atoms with Gasteiger partial charge in [0.2, 0.25) is 0 Å². The molecule has 0 bridgehead atoms. The van der Waals surface area contributed by atoms with Crippen molar-refractivity contribution in [3.63, 3.8) is 0 Å². The van der Waals surface area contributed by atoms with Gasteiger partial charge in [0.15, 0.2) is 0 Å². The predicted molar refractivity (Wildman–Crippen MR) is 111 cm³/mol. The van der Waals surface area contributed by atoms with Crippen LogP contribution in [0.4, 0.5) is 5.69 Å². The molecule has 1 fully saturated rings. The van der Waals surface area contributed by atoms with Gasteiger partial charge in [0.1, 0.15) is 11.9 Å². The Labute approximate surface area is 169 Å². The van der Waals surface area contributed by atoms with Gasteiger partial charge in [0.05, 0.1) is 33.5 Å². The monoisotopic (exact) mass is 391 g/mol. The number of imidazole rings is 1. The number of nitriles is 1. The predicted octanol–water partition coefficient (Wildman–Crippen LogP) is 4.60. The molecule has 1 aliphatic heterocycles. The van der Waals surface area contributed by atoms with Gasteiger partial charge in [-0.15, -0.1) is 0 Å². The van der Waals surface area contributed by atoms with Crippen molar-refractivity contribution in [1.82, 2.24) is 14.5 Å². The lowest BCUT2D eigenvalue weighted by Crippen LogP contribution is -2.23. The van der Waals surface area contributed by atoms with Crippen molar-refractivity contribution in [3.05, 3.63) is 52.2 Å². The zero-order valence-electron chi connectivity index (χ0n) is 16.0. The van der Waals surface area contributed by atoms with E-state index in [1.165, 1.54) is 24.2 Å². The smallest absolute Gasteiger partial charge is 0.106 e. The second kappa shape index (κ2) is 6.79. The standard InChI is InChI=1S/C22H22ClN5/c1-14-26-19-7-2-3-8-20(19)28(14)16-9-10-27(13-16)22-15(11-24)12-25-21-17(22)5-4-6-18(21)23/h4-6,12,16H,2-3,7-10,13H2,1H3. The summed E-state index contributed by atoms with van der Waals surface area (Å²) in [6.45, 7) is 3.92. The Hall–Kier alpha value is -2.58. The number of halogens is 1. The number of pyridine rings is 1. The lowest BCUT2D eigenvalue weighted by Gasteiger charge is -2.24. The highest BCUT2D eigenvalue weighted by atomic mass is 35.5. The Balaban J connectivity index is 1.55. The second-order valence-corrected chi connectivity index (χ2v) is 8.19. The molecule has 1 aromatic carbocycles. The van der Waals surface area contributed by atoms with Gasteiger partial charge in [-0.1, -0.05) is 23.7 Å². The molecule has 2 aromatic heterocycles. The van der Waals surface area contributed by atoms with E-state index in [4.69, 9.17) is 16.6 Å². The van der Waals surface area contributed by atoms with Crippen molar-refractivity contribution in [2.24, 2.45) is 0 Å². The first kappa shape index (κ1) is 17.5. The Kier molecular flexibility index (Phi) is 4.25. The first-order valence-corrected chi connectivity index (χ1v) is 10.3. The minimum absolute atomic E-state index is 0.392. The van der Waals surface area contributed by atoms with E-state index < -0.39 is 0 Å². The van der Waals surface area contributed by atoms with Crippen molar-refractivity contribution in [2.45, 2.75) is 45.1 Å².